The van der Waals surface area contributed by atoms with Crippen molar-refractivity contribution < 1.29 is 0 Å². The van der Waals surface area contributed by atoms with Crippen LogP contribution < -0.4 is 4.90 Å². The van der Waals surface area contributed by atoms with Gasteiger partial charge in [0, 0.05) is 33.5 Å². The van der Waals surface area contributed by atoms with E-state index >= 15 is 0 Å². The van der Waals surface area contributed by atoms with Gasteiger partial charge in [0.1, 0.15) is 0 Å². The Kier molecular flexibility index (Phi) is 7.26. The van der Waals surface area contributed by atoms with Gasteiger partial charge in [0.25, 0.3) is 0 Å². The molecule has 58 heavy (non-hydrogen) atoms. The van der Waals surface area contributed by atoms with Crippen LogP contribution >= 0.6 is 0 Å². The molecule has 0 saturated carbocycles. The number of aromatic nitrogens is 1. The van der Waals surface area contributed by atoms with E-state index in [1.165, 1.54) is 93.5 Å². The first kappa shape index (κ1) is 32.6. The molecule has 0 aliphatic heterocycles. The maximum absolute atomic E-state index is 2.40. The number of anilines is 3. The fourth-order valence-corrected chi connectivity index (χ4v) is 9.21. The van der Waals surface area contributed by atoms with Gasteiger partial charge in [0.2, 0.25) is 0 Å². The molecule has 0 N–H and O–H groups in total. The number of para-hydroxylation sites is 2. The molecule has 0 atom stereocenters. The lowest BCUT2D eigenvalue weighted by atomic mass is 9.78. The summed E-state index contributed by atoms with van der Waals surface area (Å²) in [7, 11) is 0. The number of rotatable bonds is 6. The normalized spacial score (nSPS) is 11.8. The summed E-state index contributed by atoms with van der Waals surface area (Å²) in [6.07, 6.45) is 0. The lowest BCUT2D eigenvalue weighted by molar-refractivity contribution is 1.18. The van der Waals surface area contributed by atoms with E-state index in [1.54, 1.807) is 0 Å². The molecule has 1 aliphatic rings. The molecular weight excluding hydrogens is 701 g/mol. The Balaban J connectivity index is 0.986. The summed E-state index contributed by atoms with van der Waals surface area (Å²) in [5.41, 5.74) is 17.0. The molecule has 2 nitrogen and oxygen atoms in total. The van der Waals surface area contributed by atoms with Gasteiger partial charge in [-0.1, -0.05) is 127 Å². The molecule has 1 aliphatic carbocycles. The van der Waals surface area contributed by atoms with E-state index in [4.69, 9.17) is 0 Å². The molecule has 0 fully saturated rings. The zero-order valence-electron chi connectivity index (χ0n) is 31.7. The van der Waals surface area contributed by atoms with Crippen molar-refractivity contribution in [2.24, 2.45) is 0 Å². The molecule has 2 heteroatoms. The summed E-state index contributed by atoms with van der Waals surface area (Å²) >= 11 is 0. The largest absolute Gasteiger partial charge is 0.310 e. The molecule has 0 amide bonds. The fraction of sp³-hybridized carbons (Fsp3) is 0. The van der Waals surface area contributed by atoms with E-state index in [0.29, 0.717) is 0 Å². The topological polar surface area (TPSA) is 8.17 Å². The van der Waals surface area contributed by atoms with Crippen LogP contribution in [0.5, 0.6) is 0 Å². The number of fused-ring (bicyclic) bond motifs is 9. The van der Waals surface area contributed by atoms with Crippen molar-refractivity contribution >= 4 is 60.4 Å². The molecular formula is C56H36N2. The molecule has 0 saturated heterocycles. The van der Waals surface area contributed by atoms with Gasteiger partial charge in [-0.2, -0.15) is 0 Å². The summed E-state index contributed by atoms with van der Waals surface area (Å²) in [6.45, 7) is 0. The first-order valence-electron chi connectivity index (χ1n) is 20.0. The van der Waals surface area contributed by atoms with Crippen LogP contribution in [-0.4, -0.2) is 4.57 Å². The van der Waals surface area contributed by atoms with Crippen molar-refractivity contribution in [3.63, 3.8) is 0 Å². The van der Waals surface area contributed by atoms with Crippen LogP contribution in [0.3, 0.4) is 0 Å². The lowest BCUT2D eigenvalue weighted by Crippen LogP contribution is -2.10. The average Bonchev–Trinajstić information content (AvgIpc) is 3.62. The summed E-state index contributed by atoms with van der Waals surface area (Å²) in [5.74, 6) is 0. The van der Waals surface area contributed by atoms with Crippen molar-refractivity contribution in [3.8, 4) is 50.2 Å². The minimum Gasteiger partial charge on any atom is -0.310 e. The molecule has 0 unspecified atom stereocenters. The predicted octanol–water partition coefficient (Wildman–Crippen LogP) is 15.5. The molecule has 270 valence electrons. The van der Waals surface area contributed by atoms with Crippen LogP contribution in [0.1, 0.15) is 0 Å². The van der Waals surface area contributed by atoms with Gasteiger partial charge in [0.05, 0.1) is 11.0 Å². The Morgan fingerprint density at radius 2 is 0.793 bits per heavy atom. The molecule has 0 spiro atoms. The van der Waals surface area contributed by atoms with Gasteiger partial charge in [-0.05, 0) is 157 Å². The van der Waals surface area contributed by atoms with Crippen LogP contribution in [0.4, 0.5) is 17.1 Å². The van der Waals surface area contributed by atoms with Crippen molar-refractivity contribution in [1.82, 2.24) is 4.57 Å². The highest BCUT2D eigenvalue weighted by Gasteiger charge is 2.24. The highest BCUT2D eigenvalue weighted by atomic mass is 15.1. The second-order valence-electron chi connectivity index (χ2n) is 15.4. The molecule has 12 rings (SSSR count). The van der Waals surface area contributed by atoms with Crippen LogP contribution in [0.2, 0.25) is 0 Å². The Morgan fingerprint density at radius 1 is 0.276 bits per heavy atom. The van der Waals surface area contributed by atoms with Gasteiger partial charge in [-0.15, -0.1) is 0 Å². The fourth-order valence-electron chi connectivity index (χ4n) is 9.21. The maximum Gasteiger partial charge on any atom is 0.0541 e. The first-order chi connectivity index (χ1) is 28.7. The smallest absolute Gasteiger partial charge is 0.0541 e. The standard InChI is InChI=1S/C56H36N2/c1-3-12-37(13-4-1)38-22-26-46(27-23-38)57(48-28-24-43-34-52-50-32-40-14-7-8-15-41(40)33-51(50)53(52)36-44(43)31-48)47-19-11-16-39(30-47)42-25-29-56-54(35-42)49-20-9-10-21-55(49)58(56)45-17-5-2-6-18-45/h1-36H. The number of benzene rings is 10. The Morgan fingerprint density at radius 3 is 1.53 bits per heavy atom. The number of nitrogens with zero attached hydrogens (tertiary/aromatic N) is 2. The van der Waals surface area contributed by atoms with E-state index in [0.717, 1.165) is 17.1 Å². The first-order valence-corrected chi connectivity index (χ1v) is 20.0. The Labute approximate surface area is 337 Å². The molecule has 1 aromatic heterocycles. The molecule has 0 bridgehead atoms. The third-order valence-corrected chi connectivity index (χ3v) is 12.0. The zero-order chi connectivity index (χ0) is 38.2. The van der Waals surface area contributed by atoms with Gasteiger partial charge in [0.15, 0.2) is 0 Å². The highest BCUT2D eigenvalue weighted by molar-refractivity contribution is 6.13. The minimum atomic E-state index is 1.11. The van der Waals surface area contributed by atoms with Gasteiger partial charge in [-0.3, -0.25) is 0 Å². The second kappa shape index (κ2) is 12.9. The van der Waals surface area contributed by atoms with Crippen LogP contribution in [0.15, 0.2) is 218 Å². The zero-order valence-corrected chi connectivity index (χ0v) is 31.7. The van der Waals surface area contributed by atoms with Crippen molar-refractivity contribution in [2.45, 2.75) is 0 Å². The van der Waals surface area contributed by atoms with Gasteiger partial charge < -0.3 is 9.47 Å². The Bertz CT molecular complexity index is 3380. The van der Waals surface area contributed by atoms with Crippen LogP contribution in [-0.2, 0) is 0 Å². The van der Waals surface area contributed by atoms with Crippen molar-refractivity contribution in [1.29, 1.82) is 0 Å². The van der Waals surface area contributed by atoms with Gasteiger partial charge in [-0.25, -0.2) is 0 Å². The lowest BCUT2D eigenvalue weighted by Gasteiger charge is -2.28. The molecule has 10 aromatic carbocycles. The van der Waals surface area contributed by atoms with Crippen molar-refractivity contribution in [3.05, 3.63) is 218 Å². The van der Waals surface area contributed by atoms with E-state index in [-0.39, 0.29) is 0 Å². The average molecular weight is 737 g/mol. The minimum absolute atomic E-state index is 1.11. The van der Waals surface area contributed by atoms with Gasteiger partial charge >= 0.3 is 0 Å². The SMILES string of the molecule is c1ccc(-c2ccc(N(c3cccc(-c4ccc5c(c4)c4ccccc4n5-c4ccccc4)c3)c3ccc4cc5c(cc4c3)-c3cc4ccccc4cc3-5)cc2)cc1. The quantitative estimate of drug-likeness (QED) is 0.165. The summed E-state index contributed by atoms with van der Waals surface area (Å²) in [6, 6.07) is 80.0. The third-order valence-electron chi connectivity index (χ3n) is 12.0. The summed E-state index contributed by atoms with van der Waals surface area (Å²) in [4.78, 5) is 2.40. The monoisotopic (exact) mass is 736 g/mol. The second-order valence-corrected chi connectivity index (χ2v) is 15.4. The van der Waals surface area contributed by atoms with Crippen LogP contribution in [0.25, 0.3) is 93.5 Å². The van der Waals surface area contributed by atoms with Crippen LogP contribution in [0, 0.1) is 0 Å². The van der Waals surface area contributed by atoms with E-state index < -0.39 is 0 Å². The summed E-state index contributed by atoms with van der Waals surface area (Å²) in [5, 5.41) is 7.55. The number of hydrogen-bond acceptors (Lipinski definition) is 1. The molecule has 11 aromatic rings. The van der Waals surface area contributed by atoms with E-state index in [1.807, 2.05) is 0 Å². The summed E-state index contributed by atoms with van der Waals surface area (Å²) < 4.78 is 2.37. The third kappa shape index (κ3) is 5.19. The number of hydrogen-bond donors (Lipinski definition) is 0. The highest BCUT2D eigenvalue weighted by Crippen LogP contribution is 2.51. The van der Waals surface area contributed by atoms with Crippen molar-refractivity contribution in [2.75, 3.05) is 4.90 Å². The van der Waals surface area contributed by atoms with E-state index in [9.17, 15) is 0 Å². The molecule has 0 radical (unpaired) electrons. The molecule has 1 heterocycles. The van der Waals surface area contributed by atoms with E-state index in [2.05, 4.69) is 228 Å². The Hall–Kier alpha value is -7.68. The predicted molar refractivity (Wildman–Crippen MR) is 246 cm³/mol. The maximum atomic E-state index is 2.40.